The molecule has 0 spiro atoms. The third kappa shape index (κ3) is 3.04. The molecule has 0 saturated heterocycles. The molecule has 0 amide bonds. The van der Waals surface area contributed by atoms with Gasteiger partial charge < -0.3 is 5.73 Å². The average molecular weight is 260 g/mol. The first kappa shape index (κ1) is 10.6. The molecule has 0 aliphatic carbocycles. The molecule has 0 heterocycles. The minimum absolute atomic E-state index is 0.0828. The number of anilines is 1. The summed E-state index contributed by atoms with van der Waals surface area (Å²) in [4.78, 5) is 12.1. The number of carbonyl (C=O) groups excluding carboxylic acids is 1. The van der Waals surface area contributed by atoms with Gasteiger partial charge >= 0.3 is 0 Å². The first-order valence-electron chi connectivity index (χ1n) is 3.82. The van der Waals surface area contributed by atoms with Crippen LogP contribution in [-0.4, -0.2) is 11.1 Å². The Balaban J connectivity index is 2.94. The zero-order chi connectivity index (χ0) is 9.84. The van der Waals surface area contributed by atoms with Crippen LogP contribution in [0.25, 0.3) is 0 Å². The highest BCUT2D eigenvalue weighted by atomic mass is 79.9. The molecule has 13 heavy (non-hydrogen) atoms. The minimum atomic E-state index is 0.0828. The van der Waals surface area contributed by atoms with Gasteiger partial charge in [0.05, 0.1) is 0 Å². The van der Waals surface area contributed by atoms with E-state index >= 15 is 0 Å². The van der Waals surface area contributed by atoms with Crippen LogP contribution in [0.5, 0.6) is 0 Å². The standard InChI is InChI=1S/C9H10BrNOS/c10-2-1-9(12)6-3-7(11)5-8(13)4-6/h3-5,13H,1-2,11H2. The van der Waals surface area contributed by atoms with Gasteiger partial charge in [0.25, 0.3) is 0 Å². The highest BCUT2D eigenvalue weighted by molar-refractivity contribution is 9.09. The van der Waals surface area contributed by atoms with Crippen LogP contribution >= 0.6 is 28.6 Å². The fourth-order valence-electron chi connectivity index (χ4n) is 1.03. The number of rotatable bonds is 3. The summed E-state index contributed by atoms with van der Waals surface area (Å²) in [6.07, 6.45) is 0.483. The summed E-state index contributed by atoms with van der Waals surface area (Å²) in [5.74, 6) is 0.0828. The summed E-state index contributed by atoms with van der Waals surface area (Å²) in [5, 5.41) is 0.669. The van der Waals surface area contributed by atoms with Gasteiger partial charge in [0.2, 0.25) is 0 Å². The summed E-state index contributed by atoms with van der Waals surface area (Å²) in [6.45, 7) is 0. The predicted octanol–water partition coefficient (Wildman–Crippen LogP) is 2.53. The van der Waals surface area contributed by atoms with E-state index in [1.54, 1.807) is 18.2 Å². The fraction of sp³-hybridized carbons (Fsp3) is 0.222. The molecule has 0 bridgehead atoms. The predicted molar refractivity (Wildman–Crippen MR) is 60.8 cm³/mol. The van der Waals surface area contributed by atoms with Crippen molar-refractivity contribution in [3.63, 3.8) is 0 Å². The van der Waals surface area contributed by atoms with Gasteiger partial charge in [0.15, 0.2) is 5.78 Å². The summed E-state index contributed by atoms with van der Waals surface area (Å²) >= 11 is 7.36. The second-order valence-corrected chi connectivity index (χ2v) is 3.98. The molecule has 0 aromatic heterocycles. The molecule has 2 N–H and O–H groups in total. The highest BCUT2D eigenvalue weighted by Gasteiger charge is 2.05. The number of benzene rings is 1. The second-order valence-electron chi connectivity index (χ2n) is 2.68. The molecular formula is C9H10BrNOS. The monoisotopic (exact) mass is 259 g/mol. The van der Waals surface area contributed by atoms with Crippen LogP contribution in [0.2, 0.25) is 0 Å². The van der Waals surface area contributed by atoms with E-state index in [2.05, 4.69) is 28.6 Å². The third-order valence-corrected chi connectivity index (χ3v) is 2.24. The molecular weight excluding hydrogens is 250 g/mol. The number of carbonyl (C=O) groups is 1. The second kappa shape index (κ2) is 4.67. The molecule has 0 atom stereocenters. The Morgan fingerprint density at radius 2 is 2.15 bits per heavy atom. The van der Waals surface area contributed by atoms with Crippen LogP contribution in [0, 0.1) is 0 Å². The van der Waals surface area contributed by atoms with Crippen molar-refractivity contribution in [3.05, 3.63) is 23.8 Å². The van der Waals surface area contributed by atoms with Crippen LogP contribution in [0.1, 0.15) is 16.8 Å². The van der Waals surface area contributed by atoms with Gasteiger partial charge in [0, 0.05) is 27.9 Å². The Morgan fingerprint density at radius 3 is 2.69 bits per heavy atom. The number of halogens is 1. The number of Topliss-reactive ketones (excluding diaryl/α,β-unsaturated/α-hetero) is 1. The first-order valence-corrected chi connectivity index (χ1v) is 5.39. The number of nitrogens with two attached hydrogens (primary N) is 1. The van der Waals surface area contributed by atoms with E-state index in [0.717, 1.165) is 4.90 Å². The Hall–Kier alpha value is -0.480. The van der Waals surface area contributed by atoms with Gasteiger partial charge in [-0.25, -0.2) is 0 Å². The van der Waals surface area contributed by atoms with E-state index in [1.807, 2.05) is 0 Å². The summed E-state index contributed by atoms with van der Waals surface area (Å²) in [6, 6.07) is 5.11. The van der Waals surface area contributed by atoms with Crippen molar-refractivity contribution in [2.75, 3.05) is 11.1 Å². The summed E-state index contributed by atoms with van der Waals surface area (Å²) in [7, 11) is 0. The maximum Gasteiger partial charge on any atom is 0.163 e. The lowest BCUT2D eigenvalue weighted by atomic mass is 10.1. The number of nitrogen functional groups attached to an aromatic ring is 1. The van der Waals surface area contributed by atoms with Crippen molar-refractivity contribution in [1.82, 2.24) is 0 Å². The van der Waals surface area contributed by atoms with Gasteiger partial charge in [-0.05, 0) is 18.2 Å². The minimum Gasteiger partial charge on any atom is -0.399 e. The van der Waals surface area contributed by atoms with Gasteiger partial charge in [0.1, 0.15) is 0 Å². The van der Waals surface area contributed by atoms with E-state index < -0.39 is 0 Å². The fourth-order valence-corrected chi connectivity index (χ4v) is 1.67. The summed E-state index contributed by atoms with van der Waals surface area (Å²) in [5.41, 5.74) is 6.78. The van der Waals surface area contributed by atoms with Crippen molar-refractivity contribution >= 4 is 40.0 Å². The van der Waals surface area contributed by atoms with Crippen molar-refractivity contribution in [2.24, 2.45) is 0 Å². The zero-order valence-electron chi connectivity index (χ0n) is 6.96. The Labute approximate surface area is 91.1 Å². The SMILES string of the molecule is Nc1cc(S)cc(C(=O)CCBr)c1. The van der Waals surface area contributed by atoms with E-state index in [1.165, 1.54) is 0 Å². The zero-order valence-corrected chi connectivity index (χ0v) is 9.44. The number of thiol groups is 1. The lowest BCUT2D eigenvalue weighted by molar-refractivity contribution is 0.0989. The molecule has 2 nitrogen and oxygen atoms in total. The van der Waals surface area contributed by atoms with Crippen LogP contribution in [0.4, 0.5) is 5.69 Å². The van der Waals surface area contributed by atoms with E-state index in [-0.39, 0.29) is 5.78 Å². The third-order valence-electron chi connectivity index (χ3n) is 1.58. The number of hydrogen-bond acceptors (Lipinski definition) is 3. The molecule has 0 fully saturated rings. The van der Waals surface area contributed by atoms with Crippen LogP contribution in [0.15, 0.2) is 23.1 Å². The molecule has 1 rings (SSSR count). The number of hydrogen-bond donors (Lipinski definition) is 2. The lowest BCUT2D eigenvalue weighted by Crippen LogP contribution is -2.00. The maximum atomic E-state index is 11.4. The maximum absolute atomic E-state index is 11.4. The summed E-state index contributed by atoms with van der Waals surface area (Å²) < 4.78 is 0. The molecule has 4 heteroatoms. The largest absolute Gasteiger partial charge is 0.399 e. The van der Waals surface area contributed by atoms with Crippen molar-refractivity contribution in [2.45, 2.75) is 11.3 Å². The van der Waals surface area contributed by atoms with Gasteiger partial charge in [-0.3, -0.25) is 4.79 Å². The van der Waals surface area contributed by atoms with Crippen molar-refractivity contribution < 1.29 is 4.79 Å². The van der Waals surface area contributed by atoms with Gasteiger partial charge in [-0.15, -0.1) is 12.6 Å². The number of alkyl halides is 1. The smallest absolute Gasteiger partial charge is 0.163 e. The lowest BCUT2D eigenvalue weighted by Gasteiger charge is -2.01. The first-order chi connectivity index (χ1) is 6.13. The molecule has 1 aromatic carbocycles. The Morgan fingerprint density at radius 1 is 1.46 bits per heavy atom. The number of ketones is 1. The molecule has 0 aliphatic heterocycles. The van der Waals surface area contributed by atoms with Crippen molar-refractivity contribution in [3.8, 4) is 0 Å². The van der Waals surface area contributed by atoms with E-state index in [4.69, 9.17) is 5.73 Å². The highest BCUT2D eigenvalue weighted by Crippen LogP contribution is 2.16. The Kier molecular flexibility index (Phi) is 3.81. The molecule has 0 aliphatic rings. The topological polar surface area (TPSA) is 43.1 Å². The normalized spacial score (nSPS) is 10.0. The van der Waals surface area contributed by atoms with Gasteiger partial charge in [-0.2, -0.15) is 0 Å². The van der Waals surface area contributed by atoms with E-state index in [9.17, 15) is 4.79 Å². The van der Waals surface area contributed by atoms with Crippen LogP contribution in [-0.2, 0) is 0 Å². The molecule has 0 saturated carbocycles. The molecule has 1 aromatic rings. The molecule has 70 valence electrons. The van der Waals surface area contributed by atoms with E-state index in [0.29, 0.717) is 23.0 Å². The average Bonchev–Trinajstić information content (AvgIpc) is 2.03. The van der Waals surface area contributed by atoms with Gasteiger partial charge in [-0.1, -0.05) is 15.9 Å². The van der Waals surface area contributed by atoms with Crippen LogP contribution in [0.3, 0.4) is 0 Å². The quantitative estimate of drug-likeness (QED) is 0.379. The molecule has 0 unspecified atom stereocenters. The van der Waals surface area contributed by atoms with Crippen LogP contribution < -0.4 is 5.73 Å². The van der Waals surface area contributed by atoms with Crippen molar-refractivity contribution in [1.29, 1.82) is 0 Å². The molecule has 0 radical (unpaired) electrons. The Bertz CT molecular complexity index is 307.